The summed E-state index contributed by atoms with van der Waals surface area (Å²) in [4.78, 5) is 24.1. The number of anilines is 1. The largest absolute Gasteiger partial charge is 0.449 e. The van der Waals surface area contributed by atoms with Crippen LogP contribution in [0.4, 0.5) is 5.69 Å². The van der Waals surface area contributed by atoms with Crippen LogP contribution < -0.4 is 5.32 Å². The van der Waals surface area contributed by atoms with E-state index in [4.69, 9.17) is 16.3 Å². The van der Waals surface area contributed by atoms with Crippen molar-refractivity contribution in [3.8, 4) is 0 Å². The normalized spacial score (nSPS) is 11.6. The second-order valence-electron chi connectivity index (χ2n) is 4.53. The average molecular weight is 383 g/mol. The molecule has 2 rings (SSSR count). The number of esters is 1. The summed E-state index contributed by atoms with van der Waals surface area (Å²) in [5.74, 6) is -0.996. The number of rotatable bonds is 4. The fourth-order valence-corrected chi connectivity index (χ4v) is 2.35. The summed E-state index contributed by atoms with van der Waals surface area (Å²) in [6.45, 7) is 1.51. The zero-order valence-electron chi connectivity index (χ0n) is 11.7. The molecule has 0 saturated heterocycles. The molecule has 2 aromatic carbocycles. The first-order chi connectivity index (χ1) is 10.5. The molecule has 4 nitrogen and oxygen atoms in total. The molecule has 0 radical (unpaired) electrons. The lowest BCUT2D eigenvalue weighted by Gasteiger charge is -2.14. The zero-order valence-corrected chi connectivity index (χ0v) is 14.0. The molecular weight excluding hydrogens is 370 g/mol. The van der Waals surface area contributed by atoms with Crippen molar-refractivity contribution in [1.29, 1.82) is 0 Å². The van der Waals surface area contributed by atoms with Crippen LogP contribution >= 0.6 is 27.5 Å². The van der Waals surface area contributed by atoms with Crippen LogP contribution in [0.25, 0.3) is 0 Å². The topological polar surface area (TPSA) is 55.4 Å². The van der Waals surface area contributed by atoms with Crippen molar-refractivity contribution in [2.75, 3.05) is 5.32 Å². The molecule has 0 spiro atoms. The summed E-state index contributed by atoms with van der Waals surface area (Å²) in [6, 6.07) is 13.6. The third kappa shape index (κ3) is 4.32. The Morgan fingerprint density at radius 1 is 1.18 bits per heavy atom. The quantitative estimate of drug-likeness (QED) is 0.803. The molecule has 0 aliphatic heterocycles. The van der Waals surface area contributed by atoms with Crippen molar-refractivity contribution in [2.45, 2.75) is 13.0 Å². The molecule has 1 atom stereocenters. The fourth-order valence-electron chi connectivity index (χ4n) is 1.71. The van der Waals surface area contributed by atoms with E-state index in [1.165, 1.54) is 6.92 Å². The van der Waals surface area contributed by atoms with E-state index in [0.717, 1.165) is 0 Å². The maximum atomic E-state index is 12.0. The molecule has 0 aliphatic rings. The maximum Gasteiger partial charge on any atom is 0.340 e. The van der Waals surface area contributed by atoms with Gasteiger partial charge in [0.05, 0.1) is 5.56 Å². The molecule has 1 N–H and O–H groups in total. The summed E-state index contributed by atoms with van der Waals surface area (Å²) < 4.78 is 5.78. The summed E-state index contributed by atoms with van der Waals surface area (Å²) in [5, 5.41) is 3.15. The number of benzene rings is 2. The summed E-state index contributed by atoms with van der Waals surface area (Å²) >= 11 is 9.12. The van der Waals surface area contributed by atoms with Gasteiger partial charge < -0.3 is 10.1 Å². The van der Waals surface area contributed by atoms with Gasteiger partial charge in [-0.25, -0.2) is 4.79 Å². The van der Waals surface area contributed by atoms with Gasteiger partial charge in [-0.15, -0.1) is 0 Å². The molecule has 0 fully saturated rings. The molecule has 2 aromatic rings. The Labute approximate surface area is 141 Å². The van der Waals surface area contributed by atoms with Gasteiger partial charge in [-0.2, -0.15) is 0 Å². The lowest BCUT2D eigenvalue weighted by Crippen LogP contribution is -2.30. The number of halogens is 2. The smallest absolute Gasteiger partial charge is 0.340 e. The number of carbonyl (C=O) groups excluding carboxylic acids is 2. The Bertz CT molecular complexity index is 705. The predicted octanol–water partition coefficient (Wildman–Crippen LogP) is 4.29. The molecule has 114 valence electrons. The molecule has 0 unspecified atom stereocenters. The van der Waals surface area contributed by atoms with E-state index < -0.39 is 18.0 Å². The highest BCUT2D eigenvalue weighted by atomic mass is 79.9. The third-order valence-electron chi connectivity index (χ3n) is 2.84. The summed E-state index contributed by atoms with van der Waals surface area (Å²) in [7, 11) is 0. The first-order valence-electron chi connectivity index (χ1n) is 6.49. The van der Waals surface area contributed by atoms with Crippen LogP contribution in [0.2, 0.25) is 5.02 Å². The van der Waals surface area contributed by atoms with Crippen LogP contribution in [0.5, 0.6) is 0 Å². The highest BCUT2D eigenvalue weighted by Crippen LogP contribution is 2.18. The molecule has 0 heterocycles. The second kappa shape index (κ2) is 7.42. The number of hydrogen-bond acceptors (Lipinski definition) is 3. The average Bonchev–Trinajstić information content (AvgIpc) is 2.47. The molecule has 6 heteroatoms. The van der Waals surface area contributed by atoms with E-state index in [1.807, 2.05) is 0 Å². The first-order valence-corrected chi connectivity index (χ1v) is 7.66. The maximum absolute atomic E-state index is 12.0. The number of carbonyl (C=O) groups is 2. The van der Waals surface area contributed by atoms with Gasteiger partial charge in [0.25, 0.3) is 5.91 Å². The number of amides is 1. The molecule has 0 saturated carbocycles. The Hall–Kier alpha value is -1.85. The van der Waals surface area contributed by atoms with E-state index >= 15 is 0 Å². The monoisotopic (exact) mass is 381 g/mol. The van der Waals surface area contributed by atoms with Crippen LogP contribution in [-0.4, -0.2) is 18.0 Å². The van der Waals surface area contributed by atoms with Gasteiger partial charge in [0.1, 0.15) is 0 Å². The molecule has 22 heavy (non-hydrogen) atoms. The highest BCUT2D eigenvalue weighted by Gasteiger charge is 2.20. The lowest BCUT2D eigenvalue weighted by molar-refractivity contribution is -0.123. The number of hydrogen-bond donors (Lipinski definition) is 1. The van der Waals surface area contributed by atoms with E-state index in [9.17, 15) is 9.59 Å². The van der Waals surface area contributed by atoms with Crippen molar-refractivity contribution in [3.05, 3.63) is 63.6 Å². The van der Waals surface area contributed by atoms with Gasteiger partial charge in [0, 0.05) is 15.2 Å². The molecule has 0 bridgehead atoms. The van der Waals surface area contributed by atoms with Crippen molar-refractivity contribution >= 4 is 45.1 Å². The van der Waals surface area contributed by atoms with E-state index in [1.54, 1.807) is 48.5 Å². The van der Waals surface area contributed by atoms with Gasteiger partial charge in [0.2, 0.25) is 0 Å². The SMILES string of the molecule is C[C@H](OC(=O)c1ccccc1Br)C(=O)Nc1cccc(Cl)c1. The van der Waals surface area contributed by atoms with Gasteiger partial charge in [0.15, 0.2) is 6.10 Å². The van der Waals surface area contributed by atoms with Crippen LogP contribution in [0.3, 0.4) is 0 Å². The third-order valence-corrected chi connectivity index (χ3v) is 3.77. The molecule has 0 aliphatic carbocycles. The molecular formula is C16H13BrClNO3. The van der Waals surface area contributed by atoms with Gasteiger partial charge >= 0.3 is 5.97 Å². The van der Waals surface area contributed by atoms with Crippen LogP contribution in [0.15, 0.2) is 53.0 Å². The van der Waals surface area contributed by atoms with Crippen molar-refractivity contribution in [1.82, 2.24) is 0 Å². The Balaban J connectivity index is 1.99. The van der Waals surface area contributed by atoms with E-state index in [2.05, 4.69) is 21.2 Å². The second-order valence-corrected chi connectivity index (χ2v) is 5.82. The van der Waals surface area contributed by atoms with Gasteiger partial charge in [-0.1, -0.05) is 29.8 Å². The first kappa shape index (κ1) is 16.5. The zero-order chi connectivity index (χ0) is 16.1. The minimum atomic E-state index is -0.932. The summed E-state index contributed by atoms with van der Waals surface area (Å²) in [6.07, 6.45) is -0.932. The van der Waals surface area contributed by atoms with E-state index in [-0.39, 0.29) is 0 Å². The minimum absolute atomic E-state index is 0.366. The Morgan fingerprint density at radius 3 is 2.59 bits per heavy atom. The predicted molar refractivity (Wildman–Crippen MR) is 89.1 cm³/mol. The standard InChI is InChI=1S/C16H13BrClNO3/c1-10(15(20)19-12-6-4-5-11(18)9-12)22-16(21)13-7-2-3-8-14(13)17/h2-10H,1H3,(H,19,20)/t10-/m0/s1. The lowest BCUT2D eigenvalue weighted by atomic mass is 10.2. The van der Waals surface area contributed by atoms with Gasteiger partial charge in [-0.3, -0.25) is 4.79 Å². The molecule has 0 aromatic heterocycles. The Kier molecular flexibility index (Phi) is 5.57. The van der Waals surface area contributed by atoms with Crippen molar-refractivity contribution < 1.29 is 14.3 Å². The Morgan fingerprint density at radius 2 is 1.91 bits per heavy atom. The van der Waals surface area contributed by atoms with Gasteiger partial charge in [-0.05, 0) is 53.2 Å². The fraction of sp³-hybridized carbons (Fsp3) is 0.125. The van der Waals surface area contributed by atoms with E-state index in [0.29, 0.717) is 20.7 Å². The highest BCUT2D eigenvalue weighted by molar-refractivity contribution is 9.10. The molecule has 1 amide bonds. The minimum Gasteiger partial charge on any atom is -0.449 e. The number of nitrogens with one attached hydrogen (secondary N) is 1. The van der Waals surface area contributed by atoms with Crippen LogP contribution in [-0.2, 0) is 9.53 Å². The number of ether oxygens (including phenoxy) is 1. The van der Waals surface area contributed by atoms with Crippen molar-refractivity contribution in [3.63, 3.8) is 0 Å². The van der Waals surface area contributed by atoms with Crippen LogP contribution in [0.1, 0.15) is 17.3 Å². The summed E-state index contributed by atoms with van der Waals surface area (Å²) in [5.41, 5.74) is 0.909. The van der Waals surface area contributed by atoms with Crippen LogP contribution in [0, 0.1) is 0 Å². The van der Waals surface area contributed by atoms with Crippen molar-refractivity contribution in [2.24, 2.45) is 0 Å².